The highest BCUT2D eigenvalue weighted by atomic mass is 32.2. The monoisotopic (exact) mass is 334 g/mol. The van der Waals surface area contributed by atoms with Crippen molar-refractivity contribution in [3.05, 3.63) is 30.6 Å². The Morgan fingerprint density at radius 2 is 1.96 bits per heavy atom. The van der Waals surface area contributed by atoms with Crippen LogP contribution in [-0.4, -0.2) is 47.4 Å². The predicted octanol–water partition coefficient (Wildman–Crippen LogP) is 1.38. The zero-order valence-electron chi connectivity index (χ0n) is 12.8. The molecular formula is C15H18N4O3S. The van der Waals surface area contributed by atoms with Gasteiger partial charge < -0.3 is 5.32 Å². The van der Waals surface area contributed by atoms with Crippen LogP contribution in [0.4, 0.5) is 5.69 Å². The Bertz CT molecular complexity index is 837. The molecule has 7 nitrogen and oxygen atoms in total. The fourth-order valence-electron chi connectivity index (χ4n) is 2.83. The molecule has 0 saturated carbocycles. The summed E-state index contributed by atoms with van der Waals surface area (Å²) in [5.41, 5.74) is 2.00. The first-order valence-electron chi connectivity index (χ1n) is 7.43. The van der Waals surface area contributed by atoms with E-state index in [1.807, 2.05) is 0 Å². The third-order valence-electron chi connectivity index (χ3n) is 3.92. The van der Waals surface area contributed by atoms with E-state index in [2.05, 4.69) is 15.3 Å². The zero-order chi connectivity index (χ0) is 16.4. The Kier molecular flexibility index (Phi) is 4.27. The third kappa shape index (κ3) is 3.48. The number of hydrogen-bond acceptors (Lipinski definition) is 5. The molecule has 1 fully saturated rings. The van der Waals surface area contributed by atoms with Gasteiger partial charge in [0.2, 0.25) is 15.9 Å². The van der Waals surface area contributed by atoms with Crippen molar-refractivity contribution >= 4 is 32.7 Å². The lowest BCUT2D eigenvalue weighted by atomic mass is 10.0. The maximum atomic E-state index is 12.5. The molecule has 1 unspecified atom stereocenters. The van der Waals surface area contributed by atoms with Crippen LogP contribution in [0.15, 0.2) is 30.6 Å². The number of carbonyl (C=O) groups excluding carboxylic acids is 1. The first-order valence-corrected chi connectivity index (χ1v) is 9.28. The first kappa shape index (κ1) is 15.8. The maximum Gasteiger partial charge on any atom is 0.242 e. The Labute approximate surface area is 134 Å². The number of nitrogens with one attached hydrogen (secondary N) is 1. The molecule has 3 rings (SSSR count). The predicted molar refractivity (Wildman–Crippen MR) is 87.4 cm³/mol. The van der Waals surface area contributed by atoms with E-state index in [1.54, 1.807) is 30.6 Å². The molecule has 0 spiro atoms. The Morgan fingerprint density at radius 3 is 2.70 bits per heavy atom. The standard InChI is InChI=1S/C15H18N4O3S/c1-23(21,22)19-9-3-2-4-14(19)15(20)18-11-5-6-12-13(10-11)17-8-7-16-12/h5-8,10,14H,2-4,9H2,1H3,(H,18,20). The van der Waals surface area contributed by atoms with Gasteiger partial charge in [-0.25, -0.2) is 8.42 Å². The molecule has 0 aliphatic carbocycles. The summed E-state index contributed by atoms with van der Waals surface area (Å²) in [7, 11) is -3.40. The van der Waals surface area contributed by atoms with Gasteiger partial charge in [0, 0.05) is 24.6 Å². The minimum atomic E-state index is -3.40. The second kappa shape index (κ2) is 6.21. The Morgan fingerprint density at radius 1 is 1.22 bits per heavy atom. The fourth-order valence-corrected chi connectivity index (χ4v) is 3.95. The molecule has 0 bridgehead atoms. The molecule has 1 aliphatic rings. The van der Waals surface area contributed by atoms with Crippen molar-refractivity contribution in [3.63, 3.8) is 0 Å². The lowest BCUT2D eigenvalue weighted by Gasteiger charge is -2.32. The SMILES string of the molecule is CS(=O)(=O)N1CCCCC1C(=O)Nc1ccc2nccnc2c1. The first-order chi connectivity index (χ1) is 10.9. The summed E-state index contributed by atoms with van der Waals surface area (Å²) >= 11 is 0. The van der Waals surface area contributed by atoms with E-state index in [-0.39, 0.29) is 5.91 Å². The highest BCUT2D eigenvalue weighted by Gasteiger charge is 2.34. The van der Waals surface area contributed by atoms with Crippen LogP contribution in [0.3, 0.4) is 0 Å². The molecule has 1 aromatic heterocycles. The average molecular weight is 334 g/mol. The van der Waals surface area contributed by atoms with Crippen LogP contribution in [0.2, 0.25) is 0 Å². The fraction of sp³-hybridized carbons (Fsp3) is 0.400. The van der Waals surface area contributed by atoms with E-state index in [0.29, 0.717) is 24.2 Å². The minimum absolute atomic E-state index is 0.307. The van der Waals surface area contributed by atoms with Crippen molar-refractivity contribution in [2.75, 3.05) is 18.1 Å². The van der Waals surface area contributed by atoms with Gasteiger partial charge in [-0.05, 0) is 31.0 Å². The van der Waals surface area contributed by atoms with Gasteiger partial charge in [-0.2, -0.15) is 4.31 Å². The van der Waals surface area contributed by atoms with E-state index in [1.165, 1.54) is 4.31 Å². The smallest absolute Gasteiger partial charge is 0.242 e. The topological polar surface area (TPSA) is 92.3 Å². The average Bonchev–Trinajstić information content (AvgIpc) is 2.54. The summed E-state index contributed by atoms with van der Waals surface area (Å²) in [4.78, 5) is 20.9. The Hall–Kier alpha value is -2.06. The number of amides is 1. The molecule has 8 heteroatoms. The number of sulfonamides is 1. The van der Waals surface area contributed by atoms with Gasteiger partial charge in [-0.3, -0.25) is 14.8 Å². The van der Waals surface area contributed by atoms with Gasteiger partial charge in [-0.1, -0.05) is 6.42 Å². The molecule has 2 heterocycles. The van der Waals surface area contributed by atoms with E-state index in [0.717, 1.165) is 24.6 Å². The number of nitrogens with zero attached hydrogens (tertiary/aromatic N) is 3. The highest BCUT2D eigenvalue weighted by Crippen LogP contribution is 2.22. The number of piperidine rings is 1. The zero-order valence-corrected chi connectivity index (χ0v) is 13.6. The van der Waals surface area contributed by atoms with Gasteiger partial charge in [-0.15, -0.1) is 0 Å². The summed E-state index contributed by atoms with van der Waals surface area (Å²) in [6, 6.07) is 4.58. The molecule has 2 aromatic rings. The Balaban J connectivity index is 1.81. The number of anilines is 1. The molecule has 122 valence electrons. The molecule has 1 aromatic carbocycles. The summed E-state index contributed by atoms with van der Waals surface area (Å²) in [5.74, 6) is -0.307. The largest absolute Gasteiger partial charge is 0.325 e. The van der Waals surface area contributed by atoms with E-state index >= 15 is 0 Å². The van der Waals surface area contributed by atoms with Crippen molar-refractivity contribution in [3.8, 4) is 0 Å². The molecule has 1 saturated heterocycles. The van der Waals surface area contributed by atoms with Crippen LogP contribution in [0, 0.1) is 0 Å². The van der Waals surface area contributed by atoms with E-state index < -0.39 is 16.1 Å². The summed E-state index contributed by atoms with van der Waals surface area (Å²) < 4.78 is 25.0. The normalized spacial score (nSPS) is 19.6. The number of fused-ring (bicyclic) bond motifs is 1. The van der Waals surface area contributed by atoms with Gasteiger partial charge >= 0.3 is 0 Å². The van der Waals surface area contributed by atoms with Gasteiger partial charge in [0.05, 0.1) is 17.3 Å². The lowest BCUT2D eigenvalue weighted by Crippen LogP contribution is -2.49. The highest BCUT2D eigenvalue weighted by molar-refractivity contribution is 7.88. The second-order valence-electron chi connectivity index (χ2n) is 5.63. The van der Waals surface area contributed by atoms with Gasteiger partial charge in [0.15, 0.2) is 0 Å². The molecule has 1 N–H and O–H groups in total. The van der Waals surface area contributed by atoms with Crippen LogP contribution in [0.5, 0.6) is 0 Å². The quantitative estimate of drug-likeness (QED) is 0.915. The molecule has 1 amide bonds. The van der Waals surface area contributed by atoms with Crippen molar-refractivity contribution in [2.45, 2.75) is 25.3 Å². The molecule has 23 heavy (non-hydrogen) atoms. The van der Waals surface area contributed by atoms with Crippen molar-refractivity contribution in [2.24, 2.45) is 0 Å². The molecule has 1 aliphatic heterocycles. The number of rotatable bonds is 3. The summed E-state index contributed by atoms with van der Waals surface area (Å²) in [6.07, 6.45) is 6.49. The van der Waals surface area contributed by atoms with E-state index in [4.69, 9.17) is 0 Å². The van der Waals surface area contributed by atoms with Crippen LogP contribution in [0.1, 0.15) is 19.3 Å². The van der Waals surface area contributed by atoms with E-state index in [9.17, 15) is 13.2 Å². The van der Waals surface area contributed by atoms with Gasteiger partial charge in [0.1, 0.15) is 6.04 Å². The van der Waals surface area contributed by atoms with Crippen LogP contribution >= 0.6 is 0 Å². The van der Waals surface area contributed by atoms with Crippen molar-refractivity contribution in [1.29, 1.82) is 0 Å². The number of hydrogen-bond donors (Lipinski definition) is 1. The number of aromatic nitrogens is 2. The lowest BCUT2D eigenvalue weighted by molar-refractivity contribution is -0.120. The summed E-state index contributed by atoms with van der Waals surface area (Å²) in [5, 5.41) is 2.79. The molecule has 0 radical (unpaired) electrons. The van der Waals surface area contributed by atoms with Crippen LogP contribution < -0.4 is 5.32 Å². The number of carbonyl (C=O) groups is 1. The summed E-state index contributed by atoms with van der Waals surface area (Å²) in [6.45, 7) is 0.389. The van der Waals surface area contributed by atoms with Crippen molar-refractivity contribution in [1.82, 2.24) is 14.3 Å². The van der Waals surface area contributed by atoms with Gasteiger partial charge in [0.25, 0.3) is 0 Å². The second-order valence-corrected chi connectivity index (χ2v) is 7.57. The van der Waals surface area contributed by atoms with Crippen molar-refractivity contribution < 1.29 is 13.2 Å². The van der Waals surface area contributed by atoms with Crippen LogP contribution in [0.25, 0.3) is 11.0 Å². The minimum Gasteiger partial charge on any atom is -0.325 e. The molecule has 1 atom stereocenters. The number of benzene rings is 1. The van der Waals surface area contributed by atoms with Crippen LogP contribution in [-0.2, 0) is 14.8 Å². The molecular weight excluding hydrogens is 316 g/mol. The maximum absolute atomic E-state index is 12.5. The third-order valence-corrected chi connectivity index (χ3v) is 5.21.